The number of aliphatic hydroxyl groups is 3. The molecule has 2 aromatic rings. The van der Waals surface area contributed by atoms with Crippen molar-refractivity contribution in [3.8, 4) is 0 Å². The summed E-state index contributed by atoms with van der Waals surface area (Å²) in [4.78, 5) is 15.4. The van der Waals surface area contributed by atoms with E-state index in [-0.39, 0.29) is 6.61 Å². The summed E-state index contributed by atoms with van der Waals surface area (Å²) >= 11 is 0. The molecule has 2 aliphatic rings. The van der Waals surface area contributed by atoms with Crippen LogP contribution in [0, 0.1) is 0 Å². The van der Waals surface area contributed by atoms with E-state index in [1.807, 2.05) is 0 Å². The number of nitrogens with one attached hydrogen (secondary N) is 1. The average molecular weight is 378 g/mol. The molecule has 2 aromatic heterocycles. The lowest BCUT2D eigenvalue weighted by Gasteiger charge is -2.31. The van der Waals surface area contributed by atoms with Crippen molar-refractivity contribution in [3.05, 3.63) is 12.7 Å². The second-order valence-electron chi connectivity index (χ2n) is 7.13. The summed E-state index contributed by atoms with van der Waals surface area (Å²) in [7, 11) is 0. The van der Waals surface area contributed by atoms with E-state index in [0.717, 1.165) is 32.5 Å². The zero-order chi connectivity index (χ0) is 19.0. The lowest BCUT2D eigenvalue weighted by molar-refractivity contribution is -0.0511. The van der Waals surface area contributed by atoms with Crippen LogP contribution in [0.5, 0.6) is 0 Å². The molecule has 0 spiro atoms. The van der Waals surface area contributed by atoms with Crippen molar-refractivity contribution >= 4 is 17.0 Å². The zero-order valence-electron chi connectivity index (χ0n) is 15.3. The minimum absolute atomic E-state index is 0.324. The molecule has 0 radical (unpaired) electrons. The average Bonchev–Trinajstić information content (AvgIpc) is 3.25. The van der Waals surface area contributed by atoms with Crippen molar-refractivity contribution in [2.75, 3.05) is 31.6 Å². The molecule has 0 aromatic carbocycles. The van der Waals surface area contributed by atoms with Crippen molar-refractivity contribution in [1.29, 1.82) is 0 Å². The van der Waals surface area contributed by atoms with Gasteiger partial charge >= 0.3 is 0 Å². The lowest BCUT2D eigenvalue weighted by atomic mass is 10.1. The van der Waals surface area contributed by atoms with Crippen molar-refractivity contribution in [2.45, 2.75) is 50.3 Å². The molecule has 4 atom stereocenters. The molecule has 10 heteroatoms. The third-order valence-corrected chi connectivity index (χ3v) is 5.53. The van der Waals surface area contributed by atoms with Gasteiger partial charge in [0.05, 0.1) is 12.9 Å². The second-order valence-corrected chi connectivity index (χ2v) is 7.13. The van der Waals surface area contributed by atoms with Crippen molar-refractivity contribution in [2.24, 2.45) is 0 Å². The molecule has 0 aliphatic carbocycles. The summed E-state index contributed by atoms with van der Waals surface area (Å²) in [6, 6.07) is 0.324. The Hall–Kier alpha value is -1.85. The summed E-state index contributed by atoms with van der Waals surface area (Å²) in [5, 5.41) is 33.0. The zero-order valence-corrected chi connectivity index (χ0v) is 15.3. The van der Waals surface area contributed by atoms with E-state index in [2.05, 4.69) is 32.1 Å². The number of anilines is 1. The monoisotopic (exact) mass is 378 g/mol. The van der Waals surface area contributed by atoms with E-state index in [4.69, 9.17) is 4.74 Å². The molecule has 0 bridgehead atoms. The summed E-state index contributed by atoms with van der Waals surface area (Å²) in [5.74, 6) is 0.653. The quantitative estimate of drug-likeness (QED) is 0.535. The van der Waals surface area contributed by atoms with Crippen LogP contribution in [0.15, 0.2) is 12.7 Å². The highest BCUT2D eigenvalue weighted by Gasteiger charge is 2.44. The molecule has 10 nitrogen and oxygen atoms in total. The van der Waals surface area contributed by atoms with E-state index in [9.17, 15) is 15.3 Å². The van der Waals surface area contributed by atoms with Crippen molar-refractivity contribution < 1.29 is 20.1 Å². The highest BCUT2D eigenvalue weighted by molar-refractivity contribution is 5.82. The molecule has 0 amide bonds. The fraction of sp³-hybridized carbons (Fsp3) is 0.706. The van der Waals surface area contributed by atoms with Gasteiger partial charge in [-0.05, 0) is 19.4 Å². The molecule has 148 valence electrons. The SMILES string of the molecule is CCN1CCC(Nc2ncnc3c2ncn3[C@@H]2O[C@H](CO)[C@@H](O)[C@H]2O)CC1. The summed E-state index contributed by atoms with van der Waals surface area (Å²) < 4.78 is 7.16. The van der Waals surface area contributed by atoms with Gasteiger partial charge in [-0.3, -0.25) is 4.57 Å². The first-order chi connectivity index (χ1) is 13.1. The van der Waals surface area contributed by atoms with Crippen LogP contribution in [0.25, 0.3) is 11.2 Å². The van der Waals surface area contributed by atoms with Gasteiger partial charge in [-0.1, -0.05) is 6.92 Å². The Morgan fingerprint density at radius 1 is 1.19 bits per heavy atom. The highest BCUT2D eigenvalue weighted by Crippen LogP contribution is 2.32. The number of hydrogen-bond donors (Lipinski definition) is 4. The van der Waals surface area contributed by atoms with Gasteiger partial charge in [-0.2, -0.15) is 0 Å². The molecular weight excluding hydrogens is 352 g/mol. The normalized spacial score (nSPS) is 30.2. The van der Waals surface area contributed by atoms with Crippen molar-refractivity contribution in [1.82, 2.24) is 24.4 Å². The van der Waals surface area contributed by atoms with Crippen LogP contribution < -0.4 is 5.32 Å². The van der Waals surface area contributed by atoms with Gasteiger partial charge in [0.15, 0.2) is 23.2 Å². The number of aliphatic hydroxyl groups excluding tert-OH is 3. The van der Waals surface area contributed by atoms with E-state index >= 15 is 0 Å². The summed E-state index contributed by atoms with van der Waals surface area (Å²) in [6.07, 6.45) is 0.993. The first kappa shape index (κ1) is 18.5. The molecule has 2 fully saturated rings. The largest absolute Gasteiger partial charge is 0.394 e. The van der Waals surface area contributed by atoms with Crippen LogP contribution in [-0.4, -0.2) is 90.3 Å². The molecule has 27 heavy (non-hydrogen) atoms. The minimum atomic E-state index is -1.18. The maximum Gasteiger partial charge on any atom is 0.167 e. The number of imidazole rings is 1. The van der Waals surface area contributed by atoms with Crippen LogP contribution >= 0.6 is 0 Å². The Kier molecular flexibility index (Phi) is 5.24. The third-order valence-electron chi connectivity index (χ3n) is 5.53. The van der Waals surface area contributed by atoms with Crippen LogP contribution in [-0.2, 0) is 4.74 Å². The fourth-order valence-electron chi connectivity index (χ4n) is 3.84. The fourth-order valence-corrected chi connectivity index (χ4v) is 3.84. The predicted molar refractivity (Wildman–Crippen MR) is 97.1 cm³/mol. The van der Waals surface area contributed by atoms with Gasteiger partial charge in [0.2, 0.25) is 0 Å². The van der Waals surface area contributed by atoms with Crippen LogP contribution in [0.1, 0.15) is 26.0 Å². The smallest absolute Gasteiger partial charge is 0.167 e. The van der Waals surface area contributed by atoms with Gasteiger partial charge in [-0.15, -0.1) is 0 Å². The molecule has 4 rings (SSSR count). The molecule has 4 heterocycles. The molecule has 0 saturated carbocycles. The van der Waals surface area contributed by atoms with E-state index in [1.165, 1.54) is 12.7 Å². The van der Waals surface area contributed by atoms with Crippen LogP contribution in [0.3, 0.4) is 0 Å². The van der Waals surface area contributed by atoms with E-state index in [1.54, 1.807) is 4.57 Å². The second kappa shape index (κ2) is 7.64. The third kappa shape index (κ3) is 3.39. The molecule has 2 saturated heterocycles. The number of rotatable bonds is 5. The van der Waals surface area contributed by atoms with Gasteiger partial charge in [0.1, 0.15) is 24.6 Å². The minimum Gasteiger partial charge on any atom is -0.394 e. The van der Waals surface area contributed by atoms with E-state index in [0.29, 0.717) is 23.0 Å². The summed E-state index contributed by atoms with van der Waals surface area (Å²) in [5.41, 5.74) is 1.10. The Morgan fingerprint density at radius 2 is 1.96 bits per heavy atom. The molecule has 4 N–H and O–H groups in total. The molecular formula is C17H26N6O4. The first-order valence-electron chi connectivity index (χ1n) is 9.41. The number of hydrogen-bond acceptors (Lipinski definition) is 9. The highest BCUT2D eigenvalue weighted by atomic mass is 16.6. The predicted octanol–water partition coefficient (Wildman–Crippen LogP) is -0.666. The Labute approximate surface area is 156 Å². The number of fused-ring (bicyclic) bond motifs is 1. The topological polar surface area (TPSA) is 129 Å². The van der Waals surface area contributed by atoms with Gasteiger partial charge in [0.25, 0.3) is 0 Å². The number of likely N-dealkylation sites (tertiary alicyclic amines) is 1. The van der Waals surface area contributed by atoms with Gasteiger partial charge < -0.3 is 30.3 Å². The Bertz CT molecular complexity index is 778. The maximum absolute atomic E-state index is 10.3. The maximum atomic E-state index is 10.3. The summed E-state index contributed by atoms with van der Waals surface area (Å²) in [6.45, 7) is 4.98. The standard InChI is InChI=1S/C17H26N6O4/c1-2-22-5-3-10(4-6-22)21-15-12-16(19-8-18-15)23(9-20-12)17-14(26)13(25)11(7-24)27-17/h8-11,13-14,17,24-26H,2-7H2,1H3,(H,18,19,21)/t11-,13-,14-,17-/m1/s1. The van der Waals surface area contributed by atoms with Crippen LogP contribution in [0.2, 0.25) is 0 Å². The Balaban J connectivity index is 1.56. The van der Waals surface area contributed by atoms with Crippen LogP contribution in [0.4, 0.5) is 5.82 Å². The number of piperidine rings is 1. The number of ether oxygens (including phenoxy) is 1. The Morgan fingerprint density at radius 3 is 2.63 bits per heavy atom. The lowest BCUT2D eigenvalue weighted by Crippen LogP contribution is -2.39. The number of nitrogens with zero attached hydrogens (tertiary/aromatic N) is 5. The van der Waals surface area contributed by atoms with Gasteiger partial charge in [-0.25, -0.2) is 15.0 Å². The first-order valence-corrected chi connectivity index (χ1v) is 9.41. The van der Waals surface area contributed by atoms with Gasteiger partial charge in [0, 0.05) is 19.1 Å². The van der Waals surface area contributed by atoms with E-state index < -0.39 is 24.5 Å². The molecule has 2 aliphatic heterocycles. The molecule has 0 unspecified atom stereocenters. The van der Waals surface area contributed by atoms with Crippen molar-refractivity contribution in [3.63, 3.8) is 0 Å². The number of aromatic nitrogens is 4.